The molecule has 2 aliphatic heterocycles. The fraction of sp³-hybridized carbons (Fsp3) is 0.600. The number of phosphoric ester groups is 1. The third-order valence-corrected chi connectivity index (χ3v) is 7.51. The monoisotopic (exact) mass is 545 g/mol. The summed E-state index contributed by atoms with van der Waals surface area (Å²) in [4.78, 5) is 41.7. The third kappa shape index (κ3) is 5.91. The van der Waals surface area contributed by atoms with E-state index in [0.717, 1.165) is 16.2 Å². The highest BCUT2D eigenvalue weighted by atomic mass is 31.2. The molecule has 0 amide bonds. The number of nitrogens with two attached hydrogens (primary N) is 1. The van der Waals surface area contributed by atoms with Crippen molar-refractivity contribution in [2.75, 3.05) is 26.1 Å². The van der Waals surface area contributed by atoms with Crippen LogP contribution in [0.5, 0.6) is 0 Å². The first-order valence-electron chi connectivity index (χ1n) is 11.3. The summed E-state index contributed by atoms with van der Waals surface area (Å²) >= 11 is 0. The molecule has 204 valence electrons. The molecule has 2 fully saturated rings. The van der Waals surface area contributed by atoms with Crippen molar-refractivity contribution in [1.29, 1.82) is 0 Å². The molecule has 2 aromatic heterocycles. The summed E-state index contributed by atoms with van der Waals surface area (Å²) < 4.78 is 42.7. The Morgan fingerprint density at radius 1 is 1.22 bits per heavy atom. The van der Waals surface area contributed by atoms with E-state index >= 15 is 0 Å². The molecule has 0 aliphatic carbocycles. The quantitative estimate of drug-likeness (QED) is 0.272. The van der Waals surface area contributed by atoms with Gasteiger partial charge in [0.25, 0.3) is 5.56 Å². The lowest BCUT2D eigenvalue weighted by atomic mass is 10.2. The van der Waals surface area contributed by atoms with Gasteiger partial charge in [0.15, 0.2) is 0 Å². The molecule has 0 aromatic carbocycles. The number of anilines is 1. The molecular weight excluding hydrogens is 517 g/mol. The van der Waals surface area contributed by atoms with Crippen LogP contribution >= 0.6 is 7.82 Å². The number of aromatic nitrogens is 4. The van der Waals surface area contributed by atoms with Crippen molar-refractivity contribution in [3.63, 3.8) is 0 Å². The normalized spacial score (nSPS) is 29.4. The van der Waals surface area contributed by atoms with Crippen LogP contribution in [0.1, 0.15) is 30.9 Å². The van der Waals surface area contributed by atoms with E-state index in [-0.39, 0.29) is 24.2 Å². The summed E-state index contributed by atoms with van der Waals surface area (Å²) in [6, 6.07) is 1.41. The summed E-state index contributed by atoms with van der Waals surface area (Å²) in [7, 11) is -3.17. The predicted molar refractivity (Wildman–Crippen MR) is 125 cm³/mol. The van der Waals surface area contributed by atoms with Gasteiger partial charge in [0.05, 0.1) is 19.3 Å². The molecule has 0 saturated carbocycles. The van der Waals surface area contributed by atoms with Gasteiger partial charge >= 0.3 is 19.2 Å². The number of phosphoric acid groups is 1. The number of nitrogen functional groups attached to an aromatic ring is 1. The Kier molecular flexibility index (Phi) is 8.11. The van der Waals surface area contributed by atoms with Gasteiger partial charge in [-0.3, -0.25) is 32.5 Å². The van der Waals surface area contributed by atoms with E-state index in [1.165, 1.54) is 25.4 Å². The topological polar surface area (TPSA) is 219 Å². The molecule has 37 heavy (non-hydrogen) atoms. The number of hydrogen-bond donors (Lipinski definition) is 4. The van der Waals surface area contributed by atoms with Gasteiger partial charge in [-0.15, -0.1) is 0 Å². The molecule has 4 heterocycles. The minimum absolute atomic E-state index is 0.0228. The molecule has 0 radical (unpaired) electrons. The molecule has 0 spiro atoms. The summed E-state index contributed by atoms with van der Waals surface area (Å²) in [5.74, 6) is 0.0396. The molecule has 5 N–H and O–H groups in total. The molecule has 4 rings (SSSR count). The van der Waals surface area contributed by atoms with Gasteiger partial charge in [0.1, 0.15) is 36.6 Å². The lowest BCUT2D eigenvalue weighted by Crippen LogP contribution is -2.33. The smallest absolute Gasteiger partial charge is 0.394 e. The Bertz CT molecular complexity index is 1340. The van der Waals surface area contributed by atoms with E-state index in [1.54, 1.807) is 0 Å². The first-order valence-corrected chi connectivity index (χ1v) is 12.7. The van der Waals surface area contributed by atoms with E-state index in [2.05, 4.69) is 9.97 Å². The minimum atomic E-state index is -4.26. The molecule has 2 saturated heterocycles. The largest absolute Gasteiger partial charge is 0.474 e. The van der Waals surface area contributed by atoms with Gasteiger partial charge in [0.2, 0.25) is 0 Å². The van der Waals surface area contributed by atoms with Crippen LogP contribution in [0.25, 0.3) is 0 Å². The molecule has 16 nitrogen and oxygen atoms in total. The van der Waals surface area contributed by atoms with Crippen LogP contribution in [0, 0.1) is 6.92 Å². The van der Waals surface area contributed by atoms with Crippen molar-refractivity contribution in [2.45, 2.75) is 56.6 Å². The van der Waals surface area contributed by atoms with Crippen LogP contribution in [0.15, 0.2) is 32.8 Å². The predicted octanol–water partition coefficient (Wildman–Crippen LogP) is -1.23. The van der Waals surface area contributed by atoms with Crippen molar-refractivity contribution in [3.05, 3.63) is 55.3 Å². The number of aromatic amines is 1. The SMILES string of the molecule is COP(=O)(OC[C@H]1O[C@@H](n2ccc(N)nc2=O)C[C@@H]1O)O[C@H]1C[C@H](n2cc(C)c(=O)[nH]c2=O)O[C@@H]1CO. The van der Waals surface area contributed by atoms with Gasteiger partial charge < -0.3 is 25.4 Å². The van der Waals surface area contributed by atoms with Crippen LogP contribution in [-0.2, 0) is 27.6 Å². The Morgan fingerprint density at radius 3 is 2.59 bits per heavy atom. The summed E-state index contributed by atoms with van der Waals surface area (Å²) in [6.45, 7) is 0.566. The molecule has 1 unspecified atom stereocenters. The minimum Gasteiger partial charge on any atom is -0.394 e. The number of H-pyrrole nitrogens is 1. The Morgan fingerprint density at radius 2 is 1.92 bits per heavy atom. The highest BCUT2D eigenvalue weighted by Gasteiger charge is 2.44. The first-order chi connectivity index (χ1) is 17.5. The van der Waals surface area contributed by atoms with Gasteiger partial charge in [-0.2, -0.15) is 4.98 Å². The van der Waals surface area contributed by atoms with Crippen molar-refractivity contribution < 1.29 is 37.8 Å². The molecule has 2 aromatic rings. The molecular formula is C20H28N5O11P. The molecule has 0 bridgehead atoms. The lowest BCUT2D eigenvalue weighted by molar-refractivity contribution is -0.0588. The van der Waals surface area contributed by atoms with Gasteiger partial charge in [0, 0.05) is 37.9 Å². The maximum Gasteiger partial charge on any atom is 0.474 e. The average molecular weight is 545 g/mol. The average Bonchev–Trinajstić information content (AvgIpc) is 3.42. The number of rotatable bonds is 9. The zero-order chi connectivity index (χ0) is 26.9. The highest BCUT2D eigenvalue weighted by Crippen LogP contribution is 2.52. The van der Waals surface area contributed by atoms with Crippen molar-refractivity contribution in [2.24, 2.45) is 0 Å². The Balaban J connectivity index is 1.41. The van der Waals surface area contributed by atoms with Gasteiger partial charge in [-0.25, -0.2) is 14.2 Å². The Hall–Kier alpha value is -2.69. The van der Waals surface area contributed by atoms with Gasteiger partial charge in [-0.05, 0) is 13.0 Å². The number of aliphatic hydroxyl groups excluding tert-OH is 2. The fourth-order valence-corrected chi connectivity index (χ4v) is 5.22. The van der Waals surface area contributed by atoms with E-state index in [9.17, 15) is 29.2 Å². The number of hydrogen-bond acceptors (Lipinski definition) is 13. The van der Waals surface area contributed by atoms with Crippen LogP contribution in [-0.4, -0.2) is 74.1 Å². The standard InChI is InChI=1S/C20H28N5O11P/c1-10-7-25(20(30)23-18(10)28)17-6-12(13(8-26)34-17)36-37(31,32-2)33-9-14-11(27)5-16(35-14)24-4-3-15(21)22-19(24)29/h3-4,7,11-14,16-17,26-27H,5-6,8-9H2,1-2H3,(H2,21,22,29)(H,23,28,30)/t11-,12-,13+,14+,16+,17+,37?/m0/s1. The maximum atomic E-state index is 13.2. The third-order valence-electron chi connectivity index (χ3n) is 6.07. The lowest BCUT2D eigenvalue weighted by Gasteiger charge is -2.24. The van der Waals surface area contributed by atoms with E-state index < -0.39 is 74.8 Å². The van der Waals surface area contributed by atoms with Crippen LogP contribution in [0.2, 0.25) is 0 Å². The van der Waals surface area contributed by atoms with E-state index in [0.29, 0.717) is 0 Å². The van der Waals surface area contributed by atoms with Crippen LogP contribution < -0.4 is 22.7 Å². The molecule has 17 heteroatoms. The van der Waals surface area contributed by atoms with E-state index in [4.69, 9.17) is 28.8 Å². The van der Waals surface area contributed by atoms with E-state index in [1.807, 2.05) is 0 Å². The number of nitrogens with one attached hydrogen (secondary N) is 1. The Labute approximate surface area is 209 Å². The zero-order valence-corrected chi connectivity index (χ0v) is 20.9. The number of ether oxygens (including phenoxy) is 2. The zero-order valence-electron chi connectivity index (χ0n) is 20.0. The second-order valence-electron chi connectivity index (χ2n) is 8.57. The molecule has 7 atom stereocenters. The van der Waals surface area contributed by atoms with Crippen LogP contribution in [0.4, 0.5) is 5.82 Å². The number of aryl methyl sites for hydroxylation is 1. The number of aliphatic hydroxyl groups is 2. The van der Waals surface area contributed by atoms with Crippen LogP contribution in [0.3, 0.4) is 0 Å². The summed E-state index contributed by atoms with van der Waals surface area (Å²) in [6.07, 6.45) is -3.12. The van der Waals surface area contributed by atoms with Crippen molar-refractivity contribution in [3.8, 4) is 0 Å². The maximum absolute atomic E-state index is 13.2. The van der Waals surface area contributed by atoms with Crippen molar-refractivity contribution in [1.82, 2.24) is 19.1 Å². The summed E-state index contributed by atoms with van der Waals surface area (Å²) in [5, 5.41) is 20.1. The summed E-state index contributed by atoms with van der Waals surface area (Å²) in [5.41, 5.74) is 3.84. The molecule has 2 aliphatic rings. The second kappa shape index (κ2) is 11.0. The first kappa shape index (κ1) is 27.3. The second-order valence-corrected chi connectivity index (χ2v) is 10.3. The number of nitrogens with zero attached hydrogens (tertiary/aromatic N) is 3. The van der Waals surface area contributed by atoms with Gasteiger partial charge in [-0.1, -0.05) is 0 Å². The highest BCUT2D eigenvalue weighted by molar-refractivity contribution is 7.48. The fourth-order valence-electron chi connectivity index (χ4n) is 4.08. The van der Waals surface area contributed by atoms with Crippen molar-refractivity contribution >= 4 is 13.6 Å².